The quantitative estimate of drug-likeness (QED) is 0.871. The summed E-state index contributed by atoms with van der Waals surface area (Å²) in [6.45, 7) is 1.95. The highest BCUT2D eigenvalue weighted by molar-refractivity contribution is 5.77. The van der Waals surface area contributed by atoms with Crippen LogP contribution in [0.5, 0.6) is 5.75 Å². The number of aromatic nitrogens is 2. The van der Waals surface area contributed by atoms with Gasteiger partial charge in [0.15, 0.2) is 18.2 Å². The minimum Gasteiger partial charge on any atom is -0.481 e. The fraction of sp³-hybridized carbons (Fsp3) is 0.389. The second-order valence-electron chi connectivity index (χ2n) is 5.87. The van der Waals surface area contributed by atoms with Crippen molar-refractivity contribution in [2.75, 3.05) is 24.6 Å². The van der Waals surface area contributed by atoms with Crippen molar-refractivity contribution in [1.29, 1.82) is 0 Å². The fourth-order valence-electron chi connectivity index (χ4n) is 2.71. The van der Waals surface area contributed by atoms with Gasteiger partial charge in [-0.15, -0.1) is 0 Å². The molecule has 0 bridgehead atoms. The van der Waals surface area contributed by atoms with E-state index in [-0.39, 0.29) is 24.8 Å². The summed E-state index contributed by atoms with van der Waals surface area (Å²) >= 11 is 0. The Balaban J connectivity index is 1.49. The molecule has 1 aromatic heterocycles. The largest absolute Gasteiger partial charge is 0.481 e. The van der Waals surface area contributed by atoms with Crippen molar-refractivity contribution in [3.63, 3.8) is 0 Å². The topological polar surface area (TPSA) is 67.3 Å². The molecule has 0 aliphatic carbocycles. The highest BCUT2D eigenvalue weighted by Crippen LogP contribution is 2.17. The summed E-state index contributed by atoms with van der Waals surface area (Å²) in [6, 6.07) is 7.87. The third-order valence-corrected chi connectivity index (χ3v) is 4.01. The van der Waals surface area contributed by atoms with E-state index in [1.807, 2.05) is 6.07 Å². The molecule has 1 aromatic carbocycles. The maximum Gasteiger partial charge on any atom is 0.258 e. The number of piperidine rings is 1. The summed E-state index contributed by atoms with van der Waals surface area (Å²) in [5.41, 5.74) is 0. The van der Waals surface area contributed by atoms with E-state index in [2.05, 4.69) is 20.2 Å². The maximum atomic E-state index is 13.4. The first-order valence-corrected chi connectivity index (χ1v) is 8.43. The monoisotopic (exact) mass is 344 g/mol. The summed E-state index contributed by atoms with van der Waals surface area (Å²) in [6.07, 6.45) is 5.30. The van der Waals surface area contributed by atoms with E-state index in [1.165, 1.54) is 31.4 Å². The Morgan fingerprint density at radius 1 is 1.20 bits per heavy atom. The molecular formula is C18H21FN4O2. The predicted octanol–water partition coefficient (Wildman–Crippen LogP) is 2.30. The van der Waals surface area contributed by atoms with Gasteiger partial charge < -0.3 is 15.0 Å². The zero-order valence-corrected chi connectivity index (χ0v) is 13.9. The number of hydrogen-bond donors (Lipinski definition) is 1. The van der Waals surface area contributed by atoms with E-state index in [4.69, 9.17) is 4.74 Å². The normalized spacial score (nSPS) is 14.2. The third kappa shape index (κ3) is 4.89. The van der Waals surface area contributed by atoms with E-state index >= 15 is 0 Å². The van der Waals surface area contributed by atoms with Gasteiger partial charge >= 0.3 is 0 Å². The van der Waals surface area contributed by atoms with Crippen LogP contribution >= 0.6 is 0 Å². The van der Waals surface area contributed by atoms with Crippen LogP contribution in [-0.2, 0) is 11.3 Å². The van der Waals surface area contributed by atoms with Gasteiger partial charge in [-0.05, 0) is 37.5 Å². The van der Waals surface area contributed by atoms with Crippen molar-refractivity contribution in [3.05, 3.63) is 48.2 Å². The lowest BCUT2D eigenvalue weighted by Gasteiger charge is -2.27. The van der Waals surface area contributed by atoms with Crippen LogP contribution in [0.4, 0.5) is 10.2 Å². The highest BCUT2D eigenvalue weighted by Gasteiger charge is 2.13. The lowest BCUT2D eigenvalue weighted by atomic mass is 10.1. The number of benzene rings is 1. The van der Waals surface area contributed by atoms with Gasteiger partial charge in [0.1, 0.15) is 11.6 Å². The molecule has 1 aliphatic heterocycles. The number of amides is 1. The average molecular weight is 344 g/mol. The molecule has 0 spiro atoms. The molecule has 25 heavy (non-hydrogen) atoms. The molecule has 0 atom stereocenters. The summed E-state index contributed by atoms with van der Waals surface area (Å²) in [7, 11) is 0. The molecule has 1 aliphatic rings. The first-order valence-electron chi connectivity index (χ1n) is 8.43. The third-order valence-electron chi connectivity index (χ3n) is 4.01. The van der Waals surface area contributed by atoms with Crippen LogP contribution < -0.4 is 15.0 Å². The minimum absolute atomic E-state index is 0.0565. The van der Waals surface area contributed by atoms with Crippen LogP contribution in [0.3, 0.4) is 0 Å². The number of anilines is 1. The van der Waals surface area contributed by atoms with Gasteiger partial charge in [-0.2, -0.15) is 0 Å². The predicted molar refractivity (Wildman–Crippen MR) is 91.8 cm³/mol. The molecule has 0 unspecified atom stereocenters. The smallest absolute Gasteiger partial charge is 0.258 e. The standard InChI is InChI=1S/C18H21FN4O2/c19-14-6-2-3-7-15(14)25-13-18(24)21-12-16-20-9-8-17(22-16)23-10-4-1-5-11-23/h2-3,6-9H,1,4-5,10-13H2,(H,21,24). The van der Waals surface area contributed by atoms with Crippen molar-refractivity contribution >= 4 is 11.7 Å². The second-order valence-corrected chi connectivity index (χ2v) is 5.87. The van der Waals surface area contributed by atoms with Gasteiger partial charge in [0, 0.05) is 19.3 Å². The van der Waals surface area contributed by atoms with Gasteiger partial charge in [-0.1, -0.05) is 12.1 Å². The Bertz CT molecular complexity index is 720. The van der Waals surface area contributed by atoms with Crippen molar-refractivity contribution in [2.45, 2.75) is 25.8 Å². The number of halogens is 1. The summed E-state index contributed by atoms with van der Waals surface area (Å²) in [4.78, 5) is 22.8. The number of rotatable bonds is 6. The molecule has 1 fully saturated rings. The molecular weight excluding hydrogens is 323 g/mol. The molecule has 1 saturated heterocycles. The summed E-state index contributed by atoms with van der Waals surface area (Å²) < 4.78 is 18.6. The second kappa shape index (κ2) is 8.41. The van der Waals surface area contributed by atoms with Gasteiger partial charge in [0.2, 0.25) is 0 Å². The van der Waals surface area contributed by atoms with E-state index in [0.717, 1.165) is 18.9 Å². The molecule has 0 saturated carbocycles. The first-order chi connectivity index (χ1) is 12.2. The Kier molecular flexibility index (Phi) is 5.77. The summed E-state index contributed by atoms with van der Waals surface area (Å²) in [5.74, 6) is 0.646. The van der Waals surface area contributed by atoms with Crippen LogP contribution in [-0.4, -0.2) is 35.6 Å². The first kappa shape index (κ1) is 17.1. The van der Waals surface area contributed by atoms with Gasteiger partial charge in [0.25, 0.3) is 5.91 Å². The van der Waals surface area contributed by atoms with Crippen LogP contribution in [0.2, 0.25) is 0 Å². The van der Waals surface area contributed by atoms with E-state index in [1.54, 1.807) is 18.3 Å². The molecule has 132 valence electrons. The number of carbonyl (C=O) groups excluding carboxylic acids is 1. The zero-order valence-electron chi connectivity index (χ0n) is 13.9. The van der Waals surface area contributed by atoms with Gasteiger partial charge in [-0.3, -0.25) is 4.79 Å². The van der Waals surface area contributed by atoms with Crippen LogP contribution in [0.1, 0.15) is 25.1 Å². The number of hydrogen-bond acceptors (Lipinski definition) is 5. The molecule has 1 N–H and O–H groups in total. The van der Waals surface area contributed by atoms with Crippen molar-refractivity contribution in [2.24, 2.45) is 0 Å². The molecule has 7 heteroatoms. The fourth-order valence-corrected chi connectivity index (χ4v) is 2.71. The van der Waals surface area contributed by atoms with E-state index in [9.17, 15) is 9.18 Å². The number of nitrogens with one attached hydrogen (secondary N) is 1. The molecule has 1 amide bonds. The van der Waals surface area contributed by atoms with Crippen LogP contribution in [0.15, 0.2) is 36.5 Å². The van der Waals surface area contributed by atoms with Crippen molar-refractivity contribution < 1.29 is 13.9 Å². The van der Waals surface area contributed by atoms with Crippen LogP contribution in [0, 0.1) is 5.82 Å². The molecule has 3 rings (SSSR count). The molecule has 0 radical (unpaired) electrons. The van der Waals surface area contributed by atoms with Crippen molar-refractivity contribution in [1.82, 2.24) is 15.3 Å². The number of para-hydroxylation sites is 1. The Labute approximate surface area is 146 Å². The Morgan fingerprint density at radius 2 is 2.00 bits per heavy atom. The number of carbonyl (C=O) groups is 1. The SMILES string of the molecule is O=C(COc1ccccc1F)NCc1nccc(N2CCCCC2)n1. The Hall–Kier alpha value is -2.70. The summed E-state index contributed by atoms with van der Waals surface area (Å²) in [5, 5.41) is 2.69. The zero-order chi connectivity index (χ0) is 17.5. The van der Waals surface area contributed by atoms with Crippen LogP contribution in [0.25, 0.3) is 0 Å². The number of ether oxygens (including phenoxy) is 1. The molecule has 2 heterocycles. The highest BCUT2D eigenvalue weighted by atomic mass is 19.1. The Morgan fingerprint density at radius 3 is 2.80 bits per heavy atom. The minimum atomic E-state index is -0.493. The lowest BCUT2D eigenvalue weighted by molar-refractivity contribution is -0.123. The van der Waals surface area contributed by atoms with E-state index in [0.29, 0.717) is 5.82 Å². The van der Waals surface area contributed by atoms with Crippen molar-refractivity contribution in [3.8, 4) is 5.75 Å². The lowest BCUT2D eigenvalue weighted by Crippen LogP contribution is -2.31. The number of nitrogens with zero attached hydrogens (tertiary/aromatic N) is 3. The average Bonchev–Trinajstić information content (AvgIpc) is 2.67. The van der Waals surface area contributed by atoms with E-state index < -0.39 is 5.82 Å². The maximum absolute atomic E-state index is 13.4. The van der Waals surface area contributed by atoms with Gasteiger partial charge in [-0.25, -0.2) is 14.4 Å². The molecule has 6 nitrogen and oxygen atoms in total. The van der Waals surface area contributed by atoms with Gasteiger partial charge in [0.05, 0.1) is 6.54 Å². The molecule has 2 aromatic rings.